The Labute approximate surface area is 198 Å². The summed E-state index contributed by atoms with van der Waals surface area (Å²) in [6, 6.07) is 8.85. The van der Waals surface area contributed by atoms with E-state index in [-0.39, 0.29) is 23.9 Å². The summed E-state index contributed by atoms with van der Waals surface area (Å²) in [6.07, 6.45) is 4.67. The molecule has 10 heteroatoms. The van der Waals surface area contributed by atoms with Crippen molar-refractivity contribution in [2.24, 2.45) is 0 Å². The number of aromatic nitrogens is 2. The highest BCUT2D eigenvalue weighted by atomic mass is 32.2. The monoisotopic (exact) mass is 488 g/mol. The zero-order chi connectivity index (χ0) is 23.4. The van der Waals surface area contributed by atoms with Crippen molar-refractivity contribution < 1.29 is 17.9 Å². The van der Waals surface area contributed by atoms with E-state index in [1.807, 2.05) is 35.4 Å². The quantitative estimate of drug-likeness (QED) is 0.524. The van der Waals surface area contributed by atoms with E-state index in [0.717, 1.165) is 43.6 Å². The van der Waals surface area contributed by atoms with Gasteiger partial charge in [-0.15, -0.1) is 11.3 Å². The summed E-state index contributed by atoms with van der Waals surface area (Å²) in [6.45, 7) is 3.55. The second kappa shape index (κ2) is 10.1. The fourth-order valence-electron chi connectivity index (χ4n) is 3.91. The lowest BCUT2D eigenvalue weighted by atomic mass is 10.1. The molecule has 1 aromatic carbocycles. The second-order valence-electron chi connectivity index (χ2n) is 8.06. The number of para-hydroxylation sites is 1. The molecule has 33 heavy (non-hydrogen) atoms. The Bertz CT molecular complexity index is 1230. The van der Waals surface area contributed by atoms with E-state index in [1.165, 1.54) is 17.5 Å². The van der Waals surface area contributed by atoms with Crippen LogP contribution in [0.1, 0.15) is 30.5 Å². The molecule has 0 aliphatic carbocycles. The number of piperidine rings is 1. The predicted molar refractivity (Wildman–Crippen MR) is 128 cm³/mol. The largest absolute Gasteiger partial charge is 0.496 e. The van der Waals surface area contributed by atoms with Crippen molar-refractivity contribution in [1.82, 2.24) is 19.2 Å². The van der Waals surface area contributed by atoms with E-state index in [2.05, 4.69) is 9.71 Å². The molecule has 1 N–H and O–H groups in total. The number of aryl methyl sites for hydroxylation is 1. The molecular weight excluding hydrogens is 460 g/mol. The van der Waals surface area contributed by atoms with Crippen LogP contribution >= 0.6 is 11.3 Å². The lowest BCUT2D eigenvalue weighted by molar-refractivity contribution is -0.132. The molecule has 1 saturated heterocycles. The first-order chi connectivity index (χ1) is 15.9. The van der Waals surface area contributed by atoms with Crippen LogP contribution in [0.5, 0.6) is 5.75 Å². The third-order valence-electron chi connectivity index (χ3n) is 5.68. The molecule has 0 saturated carbocycles. The molecule has 0 atom stereocenters. The lowest BCUT2D eigenvalue weighted by Gasteiger charge is -2.27. The first kappa shape index (κ1) is 23.5. The van der Waals surface area contributed by atoms with E-state index < -0.39 is 10.0 Å². The van der Waals surface area contributed by atoms with Crippen LogP contribution in [0.25, 0.3) is 10.7 Å². The van der Waals surface area contributed by atoms with Gasteiger partial charge in [0.15, 0.2) is 0 Å². The first-order valence-electron chi connectivity index (χ1n) is 10.9. The number of rotatable bonds is 8. The average Bonchev–Trinajstić information content (AvgIpc) is 3.45. The number of carbonyl (C=O) groups excluding carboxylic acids is 1. The number of methoxy groups -OCH3 is 1. The molecule has 3 aromatic rings. The minimum absolute atomic E-state index is 0.00856. The van der Waals surface area contributed by atoms with Gasteiger partial charge in [-0.2, -0.15) is 0 Å². The molecule has 1 aliphatic rings. The number of thiazole rings is 1. The van der Waals surface area contributed by atoms with Gasteiger partial charge in [0.05, 0.1) is 12.8 Å². The van der Waals surface area contributed by atoms with Crippen LogP contribution in [-0.2, 0) is 27.9 Å². The van der Waals surface area contributed by atoms with Crippen molar-refractivity contribution >= 4 is 27.3 Å². The Kier molecular flexibility index (Phi) is 7.16. The topological polar surface area (TPSA) is 93.5 Å². The number of sulfonamides is 1. The van der Waals surface area contributed by atoms with Gasteiger partial charge in [-0.1, -0.05) is 18.2 Å². The van der Waals surface area contributed by atoms with Crippen molar-refractivity contribution in [3.8, 4) is 16.5 Å². The normalized spacial score (nSPS) is 14.4. The van der Waals surface area contributed by atoms with Gasteiger partial charge in [0.1, 0.15) is 22.2 Å². The molecule has 0 radical (unpaired) electrons. The van der Waals surface area contributed by atoms with E-state index in [0.29, 0.717) is 16.5 Å². The van der Waals surface area contributed by atoms with Crippen LogP contribution < -0.4 is 9.46 Å². The molecule has 2 aromatic heterocycles. The number of likely N-dealkylation sites (tertiary alicyclic amines) is 1. The Balaban J connectivity index is 1.60. The molecule has 4 rings (SSSR count). The second-order valence-corrected chi connectivity index (χ2v) is 10.7. The van der Waals surface area contributed by atoms with Crippen LogP contribution in [0.2, 0.25) is 0 Å². The molecule has 1 aliphatic heterocycles. The number of hydrogen-bond donors (Lipinski definition) is 1. The highest BCUT2D eigenvalue weighted by Crippen LogP contribution is 2.28. The lowest BCUT2D eigenvalue weighted by Crippen LogP contribution is -2.37. The van der Waals surface area contributed by atoms with E-state index in [9.17, 15) is 13.2 Å². The summed E-state index contributed by atoms with van der Waals surface area (Å²) in [5, 5.41) is 2.60. The minimum Gasteiger partial charge on any atom is -0.496 e. The van der Waals surface area contributed by atoms with Crippen LogP contribution in [0.15, 0.2) is 46.8 Å². The van der Waals surface area contributed by atoms with Crippen LogP contribution in [-0.4, -0.2) is 49.0 Å². The summed E-state index contributed by atoms with van der Waals surface area (Å²) in [4.78, 5) is 19.4. The van der Waals surface area contributed by atoms with Crippen LogP contribution in [0, 0.1) is 6.92 Å². The minimum atomic E-state index is -3.82. The maximum absolute atomic E-state index is 13.1. The fourth-order valence-corrected chi connectivity index (χ4v) is 5.78. The van der Waals surface area contributed by atoms with Gasteiger partial charge in [0.2, 0.25) is 15.9 Å². The van der Waals surface area contributed by atoms with Gasteiger partial charge in [-0.05, 0) is 38.3 Å². The summed E-state index contributed by atoms with van der Waals surface area (Å²) in [7, 11) is -2.27. The molecule has 0 unspecified atom stereocenters. The molecule has 1 fully saturated rings. The van der Waals surface area contributed by atoms with E-state index in [1.54, 1.807) is 23.8 Å². The molecule has 3 heterocycles. The maximum Gasteiger partial charge on any atom is 0.242 e. The molecule has 1 amide bonds. The number of hydrogen-bond acceptors (Lipinski definition) is 6. The number of carbonyl (C=O) groups is 1. The van der Waals surface area contributed by atoms with Crippen LogP contribution in [0.4, 0.5) is 0 Å². The molecule has 0 bridgehead atoms. The molecular formula is C23H28N4O4S2. The van der Waals surface area contributed by atoms with Crippen molar-refractivity contribution in [3.05, 3.63) is 53.2 Å². The number of nitrogens with zero attached hydrogens (tertiary/aromatic N) is 3. The first-order valence-corrected chi connectivity index (χ1v) is 13.3. The highest BCUT2D eigenvalue weighted by Gasteiger charge is 2.24. The standard InChI is InChI=1S/C23H28N4O4S2/c1-17-16-32-23(25-17)20-12-19(14-27(20)15-22(28)26-10-6-3-7-11-26)33(29,30)24-13-18-8-4-5-9-21(18)31-2/h4-5,8-9,12,14,16,24H,3,6-7,10-11,13,15H2,1-2H3. The summed E-state index contributed by atoms with van der Waals surface area (Å²) in [5.74, 6) is 0.606. The summed E-state index contributed by atoms with van der Waals surface area (Å²) >= 11 is 1.43. The summed E-state index contributed by atoms with van der Waals surface area (Å²) < 4.78 is 35.9. The molecule has 8 nitrogen and oxygen atoms in total. The van der Waals surface area contributed by atoms with Crippen molar-refractivity contribution in [2.75, 3.05) is 20.2 Å². The zero-order valence-electron chi connectivity index (χ0n) is 18.8. The number of amides is 1. The van der Waals surface area contributed by atoms with Crippen molar-refractivity contribution in [2.45, 2.75) is 44.2 Å². The van der Waals surface area contributed by atoms with Crippen molar-refractivity contribution in [3.63, 3.8) is 0 Å². The molecule has 176 valence electrons. The SMILES string of the molecule is COc1ccccc1CNS(=O)(=O)c1cc(-c2nc(C)cs2)n(CC(=O)N2CCCCC2)c1. The van der Waals surface area contributed by atoms with E-state index >= 15 is 0 Å². The predicted octanol–water partition coefficient (Wildman–Crippen LogP) is 3.42. The zero-order valence-corrected chi connectivity index (χ0v) is 20.4. The third kappa shape index (κ3) is 5.45. The van der Waals surface area contributed by atoms with Crippen molar-refractivity contribution in [1.29, 1.82) is 0 Å². The number of nitrogens with one attached hydrogen (secondary N) is 1. The average molecular weight is 489 g/mol. The van der Waals surface area contributed by atoms with E-state index in [4.69, 9.17) is 4.74 Å². The Morgan fingerprint density at radius 1 is 1.21 bits per heavy atom. The smallest absolute Gasteiger partial charge is 0.242 e. The molecule has 0 spiro atoms. The number of benzene rings is 1. The van der Waals surface area contributed by atoms with Gasteiger partial charge in [-0.25, -0.2) is 18.1 Å². The number of ether oxygens (including phenoxy) is 1. The van der Waals surface area contributed by atoms with Gasteiger partial charge in [-0.3, -0.25) is 4.79 Å². The van der Waals surface area contributed by atoms with Gasteiger partial charge in [0, 0.05) is 42.5 Å². The fraction of sp³-hybridized carbons (Fsp3) is 0.391. The van der Waals surface area contributed by atoms with Crippen LogP contribution in [0.3, 0.4) is 0 Å². The maximum atomic E-state index is 13.1. The van der Waals surface area contributed by atoms with Gasteiger partial charge in [0.25, 0.3) is 0 Å². The van der Waals surface area contributed by atoms with Gasteiger partial charge < -0.3 is 14.2 Å². The Morgan fingerprint density at radius 2 is 1.97 bits per heavy atom. The summed E-state index contributed by atoms with van der Waals surface area (Å²) in [5.41, 5.74) is 2.21. The third-order valence-corrected chi connectivity index (χ3v) is 8.03. The Hall–Kier alpha value is -2.69. The highest BCUT2D eigenvalue weighted by molar-refractivity contribution is 7.89. The Morgan fingerprint density at radius 3 is 2.67 bits per heavy atom. The van der Waals surface area contributed by atoms with Gasteiger partial charge >= 0.3 is 0 Å².